The Hall–Kier alpha value is 1.58. The Morgan fingerprint density at radius 2 is 0.739 bits per heavy atom. The van der Waals surface area contributed by atoms with Gasteiger partial charge in [-0.3, -0.25) is 0 Å². The van der Waals surface area contributed by atoms with E-state index in [2.05, 4.69) is 0 Å². The second kappa shape index (κ2) is 10.7. The molecule has 0 atom stereocenters. The zero-order chi connectivity index (χ0) is 17.2. The largest absolute Gasteiger partial charge is 0.780 e. The third kappa shape index (κ3) is 6.35. The van der Waals surface area contributed by atoms with E-state index in [0.29, 0.717) is 49.7 Å². The van der Waals surface area contributed by atoms with Gasteiger partial charge in [0.05, 0.1) is 10.0 Å². The first-order valence-corrected chi connectivity index (χ1v) is 9.01. The standard InChI is InChI=1S/2C6H3Cl3S2.Cu/c2*7-2-1-3(8)5(10)6(11)4(2)9;/h2*1,10-11H;/p-4. The first kappa shape index (κ1) is 24.6. The van der Waals surface area contributed by atoms with E-state index < -0.39 is 0 Å². The van der Waals surface area contributed by atoms with E-state index in [0.717, 1.165) is 0 Å². The van der Waals surface area contributed by atoms with Crippen molar-refractivity contribution >= 4 is 120 Å². The van der Waals surface area contributed by atoms with Gasteiger partial charge in [-0.1, -0.05) is 69.6 Å². The van der Waals surface area contributed by atoms with Crippen LogP contribution in [0.25, 0.3) is 0 Å². The zero-order valence-corrected chi connectivity index (χ0v) is 19.1. The van der Waals surface area contributed by atoms with Crippen LogP contribution in [-0.4, -0.2) is 0 Å². The summed E-state index contributed by atoms with van der Waals surface area (Å²) < 4.78 is 0. The molecule has 0 unspecified atom stereocenters. The van der Waals surface area contributed by atoms with Gasteiger partial charge in [0.2, 0.25) is 0 Å². The minimum Gasteiger partial charge on any atom is -0.780 e. The maximum absolute atomic E-state index is 5.69. The molecule has 0 nitrogen and oxygen atoms in total. The van der Waals surface area contributed by atoms with Crippen molar-refractivity contribution in [1.29, 1.82) is 0 Å². The first-order valence-electron chi connectivity index (χ1n) is 5.11. The number of benzene rings is 2. The average molecular weight is 551 g/mol. The Kier molecular flexibility index (Phi) is 11.4. The van der Waals surface area contributed by atoms with Crippen LogP contribution in [0, 0.1) is 0 Å². The summed E-state index contributed by atoms with van der Waals surface area (Å²) in [5, 5.41) is 2.04. The van der Waals surface area contributed by atoms with Crippen molar-refractivity contribution in [2.24, 2.45) is 0 Å². The summed E-state index contributed by atoms with van der Waals surface area (Å²) in [5.41, 5.74) is 0. The maximum atomic E-state index is 5.69. The van der Waals surface area contributed by atoms with E-state index in [1.165, 1.54) is 12.1 Å². The summed E-state index contributed by atoms with van der Waals surface area (Å²) in [5.74, 6) is 0. The fourth-order valence-electron chi connectivity index (χ4n) is 1.11. The van der Waals surface area contributed by atoms with Crippen molar-refractivity contribution in [3.05, 3.63) is 42.3 Å². The third-order valence-electron chi connectivity index (χ3n) is 2.17. The molecule has 0 saturated heterocycles. The van der Waals surface area contributed by atoms with Crippen LogP contribution in [0.15, 0.2) is 31.7 Å². The SMILES string of the molecule is [Cu].[S-]c1c(Cl)cc(Cl)c(Cl)c1[S-].[S-]c1c(Cl)cc(Cl)c(Cl)c1[S-]. The summed E-state index contributed by atoms with van der Waals surface area (Å²) in [6.07, 6.45) is 0. The monoisotopic (exact) mass is 547 g/mol. The van der Waals surface area contributed by atoms with Gasteiger partial charge in [0.15, 0.2) is 0 Å². The van der Waals surface area contributed by atoms with Gasteiger partial charge in [0.25, 0.3) is 0 Å². The van der Waals surface area contributed by atoms with Crippen molar-refractivity contribution in [1.82, 2.24) is 0 Å². The molecule has 2 aromatic rings. The predicted molar refractivity (Wildman–Crippen MR) is 105 cm³/mol. The Morgan fingerprint density at radius 1 is 0.478 bits per heavy atom. The van der Waals surface area contributed by atoms with E-state index in [4.69, 9.17) is 120 Å². The molecule has 131 valence electrons. The molecule has 23 heavy (non-hydrogen) atoms. The molecule has 0 heterocycles. The number of rotatable bonds is 0. The predicted octanol–water partition coefficient (Wildman–Crippen LogP) is 6.91. The fraction of sp³-hybridized carbons (Fsp3) is 0. The summed E-state index contributed by atoms with van der Waals surface area (Å²) in [6.45, 7) is 0. The molecule has 0 aromatic heterocycles. The molecule has 2 rings (SSSR count). The van der Waals surface area contributed by atoms with Gasteiger partial charge in [0, 0.05) is 37.2 Å². The second-order valence-corrected chi connectivity index (χ2v) is 7.64. The second-order valence-electron chi connectivity index (χ2n) is 3.62. The van der Waals surface area contributed by atoms with Gasteiger partial charge in [-0.05, 0) is 12.1 Å². The molecule has 0 aliphatic carbocycles. The van der Waals surface area contributed by atoms with Gasteiger partial charge in [-0.15, -0.1) is 0 Å². The van der Waals surface area contributed by atoms with E-state index in [-0.39, 0.29) is 17.1 Å². The van der Waals surface area contributed by atoms with Crippen molar-refractivity contribution in [3.63, 3.8) is 0 Å². The van der Waals surface area contributed by atoms with Gasteiger partial charge in [-0.25, -0.2) is 0 Å². The van der Waals surface area contributed by atoms with Crippen LogP contribution >= 0.6 is 69.6 Å². The molecule has 0 saturated carbocycles. The molecule has 1 radical (unpaired) electrons. The summed E-state index contributed by atoms with van der Waals surface area (Å²) >= 11 is 53.5. The molecule has 0 spiro atoms. The molecule has 2 aromatic carbocycles. The van der Waals surface area contributed by atoms with Crippen LogP contribution in [-0.2, 0) is 67.6 Å². The molecular formula is C12H2Cl6CuS4-4. The molecule has 0 aliphatic heterocycles. The number of hydrogen-bond acceptors (Lipinski definition) is 4. The van der Waals surface area contributed by atoms with Crippen molar-refractivity contribution in [3.8, 4) is 0 Å². The Balaban J connectivity index is 0.000000403. The van der Waals surface area contributed by atoms with Crippen molar-refractivity contribution in [2.75, 3.05) is 0 Å². The van der Waals surface area contributed by atoms with Crippen LogP contribution in [0.1, 0.15) is 0 Å². The summed E-state index contributed by atoms with van der Waals surface area (Å²) in [7, 11) is 0. The number of hydrogen-bond donors (Lipinski definition) is 0. The van der Waals surface area contributed by atoms with Crippen LogP contribution in [0.4, 0.5) is 0 Å². The number of halogens is 6. The van der Waals surface area contributed by atoms with Crippen LogP contribution in [0.5, 0.6) is 0 Å². The topological polar surface area (TPSA) is 0 Å². The van der Waals surface area contributed by atoms with Gasteiger partial charge < -0.3 is 50.5 Å². The van der Waals surface area contributed by atoms with Crippen LogP contribution in [0.3, 0.4) is 0 Å². The van der Waals surface area contributed by atoms with Crippen LogP contribution < -0.4 is 0 Å². The Morgan fingerprint density at radius 3 is 1.00 bits per heavy atom. The first-order chi connectivity index (χ1) is 10.1. The Labute approximate surface area is 197 Å². The van der Waals surface area contributed by atoms with E-state index in [1.54, 1.807) is 0 Å². The molecule has 0 fully saturated rings. The molecule has 0 aliphatic rings. The zero-order valence-electron chi connectivity index (χ0n) is 10.4. The summed E-state index contributed by atoms with van der Waals surface area (Å²) in [6, 6.07) is 2.98. The normalized spacial score (nSPS) is 9.65. The molecule has 0 N–H and O–H groups in total. The van der Waals surface area contributed by atoms with E-state index in [1.807, 2.05) is 0 Å². The Bertz CT molecular complexity index is 612. The quantitative estimate of drug-likeness (QED) is 0.198. The molecule has 0 amide bonds. The molecule has 11 heteroatoms. The van der Waals surface area contributed by atoms with Crippen molar-refractivity contribution < 1.29 is 17.1 Å². The van der Waals surface area contributed by atoms with Gasteiger partial charge >= 0.3 is 0 Å². The van der Waals surface area contributed by atoms with Crippen molar-refractivity contribution in [2.45, 2.75) is 19.6 Å². The molecular weight excluding hydrogens is 549 g/mol. The third-order valence-corrected chi connectivity index (χ3v) is 6.71. The maximum Gasteiger partial charge on any atom is 0.0590 e. The smallest absolute Gasteiger partial charge is 0.0590 e. The van der Waals surface area contributed by atoms with Gasteiger partial charge in [-0.2, -0.15) is 19.6 Å². The van der Waals surface area contributed by atoms with E-state index >= 15 is 0 Å². The van der Waals surface area contributed by atoms with E-state index in [9.17, 15) is 0 Å². The fourth-order valence-corrected chi connectivity index (χ4v) is 3.44. The summed E-state index contributed by atoms with van der Waals surface area (Å²) in [4.78, 5) is 1.46. The van der Waals surface area contributed by atoms with Crippen LogP contribution in [0.2, 0.25) is 30.1 Å². The average Bonchev–Trinajstić information content (AvgIpc) is 2.47. The minimum atomic E-state index is 0. The minimum absolute atomic E-state index is 0. The molecule has 0 bridgehead atoms. The van der Waals surface area contributed by atoms with Gasteiger partial charge in [0.1, 0.15) is 0 Å².